The third-order valence-corrected chi connectivity index (χ3v) is 3.94. The second-order valence-corrected chi connectivity index (χ2v) is 5.89. The zero-order valence-corrected chi connectivity index (χ0v) is 14.0. The molecule has 1 heterocycles. The molecule has 2 N–H and O–H groups in total. The Kier molecular flexibility index (Phi) is 6.77. The second-order valence-electron chi connectivity index (χ2n) is 4.85. The predicted octanol–water partition coefficient (Wildman–Crippen LogP) is 3.40. The number of aliphatic imine (C=N–C) groups is 1. The quantitative estimate of drug-likeness (QED) is 0.608. The third-order valence-electron chi connectivity index (χ3n) is 3.07. The second kappa shape index (κ2) is 9.10. The number of ether oxygens (including phenoxy) is 1. The van der Waals surface area contributed by atoms with E-state index in [1.807, 2.05) is 12.1 Å². The van der Waals surface area contributed by atoms with Gasteiger partial charge >= 0.3 is 0 Å². The molecule has 0 saturated heterocycles. The molecule has 0 radical (unpaired) electrons. The van der Waals surface area contributed by atoms with Gasteiger partial charge in [-0.05, 0) is 35.6 Å². The number of rotatable bonds is 7. The van der Waals surface area contributed by atoms with Gasteiger partial charge in [-0.15, -0.1) is 11.3 Å². The van der Waals surface area contributed by atoms with E-state index in [0.717, 1.165) is 31.3 Å². The Balaban J connectivity index is 1.82. The summed E-state index contributed by atoms with van der Waals surface area (Å²) in [5.41, 5.74) is 1.17. The monoisotopic (exact) mass is 317 g/mol. The normalized spacial score (nSPS) is 11.3. The molecule has 1 aromatic heterocycles. The van der Waals surface area contributed by atoms with Crippen LogP contribution in [-0.4, -0.2) is 19.6 Å². The number of benzene rings is 1. The summed E-state index contributed by atoms with van der Waals surface area (Å²) in [7, 11) is 1.78. The Labute approximate surface area is 136 Å². The molecule has 0 bridgehead atoms. The van der Waals surface area contributed by atoms with Crippen LogP contribution in [0.2, 0.25) is 0 Å². The van der Waals surface area contributed by atoms with Crippen LogP contribution in [0, 0.1) is 0 Å². The maximum Gasteiger partial charge on any atom is 0.191 e. The van der Waals surface area contributed by atoms with Crippen LogP contribution in [0.25, 0.3) is 0 Å². The van der Waals surface area contributed by atoms with Gasteiger partial charge in [0.15, 0.2) is 5.96 Å². The largest absolute Gasteiger partial charge is 0.494 e. The molecule has 0 aliphatic carbocycles. The van der Waals surface area contributed by atoms with Gasteiger partial charge in [0.05, 0.1) is 13.2 Å². The van der Waals surface area contributed by atoms with Crippen LogP contribution in [0.1, 0.15) is 23.8 Å². The molecule has 0 spiro atoms. The first-order valence-electron chi connectivity index (χ1n) is 7.50. The molecule has 2 aromatic rings. The van der Waals surface area contributed by atoms with E-state index in [9.17, 15) is 0 Å². The minimum atomic E-state index is 0.716. The van der Waals surface area contributed by atoms with Crippen molar-refractivity contribution in [2.75, 3.05) is 13.7 Å². The standard InChI is InChI=1S/C17H23N3OS/c1-3-9-21-15-7-4-6-14(11-15)12-19-17(18-2)20-13-16-8-5-10-22-16/h4-8,10-11H,3,9,12-13H2,1-2H3,(H2,18,19,20). The maximum absolute atomic E-state index is 5.65. The van der Waals surface area contributed by atoms with Crippen molar-refractivity contribution in [1.82, 2.24) is 10.6 Å². The Bertz CT molecular complexity index is 581. The molecule has 0 fully saturated rings. The number of nitrogens with zero attached hydrogens (tertiary/aromatic N) is 1. The van der Waals surface area contributed by atoms with Gasteiger partial charge in [0.1, 0.15) is 5.75 Å². The predicted molar refractivity (Wildman–Crippen MR) is 93.6 cm³/mol. The molecule has 22 heavy (non-hydrogen) atoms. The highest BCUT2D eigenvalue weighted by molar-refractivity contribution is 7.09. The molecule has 4 nitrogen and oxygen atoms in total. The van der Waals surface area contributed by atoms with E-state index < -0.39 is 0 Å². The van der Waals surface area contributed by atoms with E-state index in [2.05, 4.69) is 52.2 Å². The Morgan fingerprint density at radius 3 is 2.77 bits per heavy atom. The summed E-state index contributed by atoms with van der Waals surface area (Å²) >= 11 is 1.74. The molecule has 0 saturated carbocycles. The molecular weight excluding hydrogens is 294 g/mol. The van der Waals surface area contributed by atoms with Crippen LogP contribution < -0.4 is 15.4 Å². The van der Waals surface area contributed by atoms with Crippen LogP contribution in [0.5, 0.6) is 5.75 Å². The number of thiophene rings is 1. The number of guanidine groups is 1. The van der Waals surface area contributed by atoms with Crippen LogP contribution in [0.3, 0.4) is 0 Å². The fraction of sp³-hybridized carbons (Fsp3) is 0.353. The Hall–Kier alpha value is -2.01. The molecular formula is C17H23N3OS. The van der Waals surface area contributed by atoms with E-state index in [1.54, 1.807) is 18.4 Å². The molecule has 0 aliphatic rings. The van der Waals surface area contributed by atoms with Crippen molar-refractivity contribution in [3.8, 4) is 5.75 Å². The summed E-state index contributed by atoms with van der Waals surface area (Å²) in [5, 5.41) is 8.71. The highest BCUT2D eigenvalue weighted by Crippen LogP contribution is 2.13. The Morgan fingerprint density at radius 1 is 1.18 bits per heavy atom. The first-order valence-corrected chi connectivity index (χ1v) is 8.38. The van der Waals surface area contributed by atoms with Gasteiger partial charge in [0.2, 0.25) is 0 Å². The van der Waals surface area contributed by atoms with Crippen molar-refractivity contribution in [1.29, 1.82) is 0 Å². The summed E-state index contributed by atoms with van der Waals surface area (Å²) < 4.78 is 5.65. The molecule has 5 heteroatoms. The van der Waals surface area contributed by atoms with Gasteiger partial charge < -0.3 is 15.4 Å². The SMILES string of the molecule is CCCOc1cccc(CNC(=NC)NCc2cccs2)c1. The fourth-order valence-electron chi connectivity index (χ4n) is 1.96. The van der Waals surface area contributed by atoms with Gasteiger partial charge in [-0.25, -0.2) is 0 Å². The minimum absolute atomic E-state index is 0.716. The summed E-state index contributed by atoms with van der Waals surface area (Å²) in [4.78, 5) is 5.53. The van der Waals surface area contributed by atoms with Crippen molar-refractivity contribution in [3.63, 3.8) is 0 Å². The van der Waals surface area contributed by atoms with Crippen molar-refractivity contribution in [2.45, 2.75) is 26.4 Å². The zero-order valence-electron chi connectivity index (χ0n) is 13.1. The highest BCUT2D eigenvalue weighted by atomic mass is 32.1. The zero-order chi connectivity index (χ0) is 15.6. The van der Waals surface area contributed by atoms with E-state index >= 15 is 0 Å². The lowest BCUT2D eigenvalue weighted by Gasteiger charge is -2.12. The fourth-order valence-corrected chi connectivity index (χ4v) is 2.60. The van der Waals surface area contributed by atoms with Crippen LogP contribution in [0.15, 0.2) is 46.8 Å². The minimum Gasteiger partial charge on any atom is -0.494 e. The molecule has 0 aliphatic heterocycles. The summed E-state index contributed by atoms with van der Waals surface area (Å²) in [5.74, 6) is 1.72. The third kappa shape index (κ3) is 5.41. The molecule has 2 rings (SSSR count). The Morgan fingerprint density at radius 2 is 2.05 bits per heavy atom. The number of nitrogens with one attached hydrogen (secondary N) is 2. The number of hydrogen-bond donors (Lipinski definition) is 2. The van der Waals surface area contributed by atoms with Gasteiger partial charge in [0, 0.05) is 18.5 Å². The van der Waals surface area contributed by atoms with Crippen molar-refractivity contribution in [3.05, 3.63) is 52.2 Å². The molecule has 118 valence electrons. The number of hydrogen-bond acceptors (Lipinski definition) is 3. The van der Waals surface area contributed by atoms with E-state index in [1.165, 1.54) is 10.4 Å². The van der Waals surface area contributed by atoms with Gasteiger partial charge in [-0.2, -0.15) is 0 Å². The topological polar surface area (TPSA) is 45.6 Å². The lowest BCUT2D eigenvalue weighted by atomic mass is 10.2. The lowest BCUT2D eigenvalue weighted by Crippen LogP contribution is -2.36. The first-order chi connectivity index (χ1) is 10.8. The summed E-state index contributed by atoms with van der Waals surface area (Å²) in [6.45, 7) is 4.36. The average molecular weight is 317 g/mol. The first kappa shape index (κ1) is 16.4. The molecule has 0 amide bonds. The summed E-state index contributed by atoms with van der Waals surface area (Å²) in [6, 6.07) is 12.3. The van der Waals surface area contributed by atoms with Crippen LogP contribution in [-0.2, 0) is 13.1 Å². The van der Waals surface area contributed by atoms with Gasteiger partial charge in [-0.3, -0.25) is 4.99 Å². The van der Waals surface area contributed by atoms with E-state index in [-0.39, 0.29) is 0 Å². The highest BCUT2D eigenvalue weighted by Gasteiger charge is 2.01. The summed E-state index contributed by atoms with van der Waals surface area (Å²) in [6.07, 6.45) is 1.02. The van der Waals surface area contributed by atoms with E-state index in [4.69, 9.17) is 4.74 Å². The van der Waals surface area contributed by atoms with Crippen molar-refractivity contribution >= 4 is 17.3 Å². The molecule has 0 atom stereocenters. The molecule has 1 aromatic carbocycles. The van der Waals surface area contributed by atoms with Crippen LogP contribution >= 0.6 is 11.3 Å². The smallest absolute Gasteiger partial charge is 0.191 e. The van der Waals surface area contributed by atoms with Crippen molar-refractivity contribution < 1.29 is 4.74 Å². The molecule has 0 unspecified atom stereocenters. The average Bonchev–Trinajstić information content (AvgIpc) is 3.07. The lowest BCUT2D eigenvalue weighted by molar-refractivity contribution is 0.317. The van der Waals surface area contributed by atoms with E-state index in [0.29, 0.717) is 6.54 Å². The van der Waals surface area contributed by atoms with Gasteiger partial charge in [-0.1, -0.05) is 25.1 Å². The van der Waals surface area contributed by atoms with Crippen molar-refractivity contribution in [2.24, 2.45) is 4.99 Å². The van der Waals surface area contributed by atoms with Crippen LogP contribution in [0.4, 0.5) is 0 Å². The van der Waals surface area contributed by atoms with Gasteiger partial charge in [0.25, 0.3) is 0 Å². The maximum atomic E-state index is 5.65.